The van der Waals surface area contributed by atoms with E-state index in [9.17, 15) is 27.7 Å². The van der Waals surface area contributed by atoms with Gasteiger partial charge in [-0.3, -0.25) is 14.1 Å². The van der Waals surface area contributed by atoms with Crippen molar-refractivity contribution in [2.24, 2.45) is 0 Å². The molecule has 0 aliphatic heterocycles. The zero-order valence-electron chi connectivity index (χ0n) is 22.9. The zero-order chi connectivity index (χ0) is 27.1. The Morgan fingerprint density at radius 1 is 0.556 bits per heavy atom. The molecule has 3 N–H and O–H groups in total. The minimum absolute atomic E-state index is 0.248. The maximum atomic E-state index is 11.6. The molecule has 214 valence electrons. The normalized spacial score (nSPS) is 13.5. The van der Waals surface area contributed by atoms with E-state index in [0.717, 1.165) is 19.3 Å². The number of carbonyl (C=O) groups is 2. The van der Waals surface area contributed by atoms with Crippen LogP contribution in [0.5, 0.6) is 0 Å². The van der Waals surface area contributed by atoms with E-state index in [1.54, 1.807) is 0 Å². The Bertz CT molecular complexity index is 663. The largest absolute Gasteiger partial charge is 0.481 e. The van der Waals surface area contributed by atoms with Crippen molar-refractivity contribution >= 4 is 22.1 Å². The van der Waals surface area contributed by atoms with Crippen molar-refractivity contribution in [3.63, 3.8) is 0 Å². The third-order valence-corrected chi connectivity index (χ3v) is 8.77. The molecule has 0 aliphatic rings. The summed E-state index contributed by atoms with van der Waals surface area (Å²) in [5.74, 6) is -3.37. The number of aliphatic carboxylic acids is 2. The number of hydrogen-bond acceptors (Lipinski definition) is 4. The van der Waals surface area contributed by atoms with E-state index in [0.29, 0.717) is 6.42 Å². The SMILES string of the molecule is CCCCCCCCCCCCCCCCCCCCCCCCC(CC(=O)O)(C(=O)O)S(=O)(=O)O. The summed E-state index contributed by atoms with van der Waals surface area (Å²) < 4.78 is 29.9. The van der Waals surface area contributed by atoms with Gasteiger partial charge in [0.05, 0.1) is 6.42 Å². The first-order valence-electron chi connectivity index (χ1n) is 14.6. The van der Waals surface area contributed by atoms with Gasteiger partial charge in [-0.25, -0.2) is 0 Å². The highest BCUT2D eigenvalue weighted by atomic mass is 32.2. The summed E-state index contributed by atoms with van der Waals surface area (Å²) in [6.45, 7) is 2.26. The minimum Gasteiger partial charge on any atom is -0.481 e. The molecule has 0 rings (SSSR count). The first kappa shape index (κ1) is 34.9. The maximum absolute atomic E-state index is 11.6. The van der Waals surface area contributed by atoms with Crippen molar-refractivity contribution in [2.45, 2.75) is 166 Å². The standard InChI is InChI=1S/C28H54O7S/c1-2-3-4-5-6-7-8-9-10-11-12-13-14-15-16-17-18-19-20-21-22-23-24-28(27(31)32,25-26(29)30)36(33,34)35/h2-25H2,1H3,(H,29,30)(H,31,32)(H,33,34,35). The molecule has 1 atom stereocenters. The van der Waals surface area contributed by atoms with Crippen LogP contribution in [0.1, 0.15) is 161 Å². The fraction of sp³-hybridized carbons (Fsp3) is 0.929. The first-order valence-corrected chi connectivity index (χ1v) is 16.0. The third-order valence-electron chi connectivity index (χ3n) is 7.25. The molecule has 0 radical (unpaired) electrons. The molecule has 0 amide bonds. The molecule has 0 aromatic heterocycles. The van der Waals surface area contributed by atoms with E-state index in [-0.39, 0.29) is 6.42 Å². The highest BCUT2D eigenvalue weighted by molar-refractivity contribution is 7.88. The molecule has 0 aromatic carbocycles. The van der Waals surface area contributed by atoms with Crippen LogP contribution in [0.25, 0.3) is 0 Å². The van der Waals surface area contributed by atoms with Gasteiger partial charge in [-0.1, -0.05) is 148 Å². The molecule has 1 unspecified atom stereocenters. The number of carboxylic acids is 2. The van der Waals surface area contributed by atoms with Crippen LogP contribution >= 0.6 is 0 Å². The number of carboxylic acid groups (broad SMARTS) is 2. The summed E-state index contributed by atoms with van der Waals surface area (Å²) in [6, 6.07) is 0. The lowest BCUT2D eigenvalue weighted by molar-refractivity contribution is -0.147. The lowest BCUT2D eigenvalue weighted by Gasteiger charge is -2.24. The molecule has 36 heavy (non-hydrogen) atoms. The number of hydrogen-bond donors (Lipinski definition) is 3. The van der Waals surface area contributed by atoms with Crippen LogP contribution in [0, 0.1) is 0 Å². The van der Waals surface area contributed by atoms with Crippen molar-refractivity contribution in [3.05, 3.63) is 0 Å². The van der Waals surface area contributed by atoms with Crippen LogP contribution in [0.3, 0.4) is 0 Å². The fourth-order valence-corrected chi connectivity index (χ4v) is 5.79. The Labute approximate surface area is 220 Å². The van der Waals surface area contributed by atoms with Gasteiger partial charge in [0.25, 0.3) is 10.1 Å². The van der Waals surface area contributed by atoms with Gasteiger partial charge in [0.2, 0.25) is 4.75 Å². The fourth-order valence-electron chi connectivity index (χ4n) is 4.87. The van der Waals surface area contributed by atoms with Gasteiger partial charge in [-0.05, 0) is 6.42 Å². The number of rotatable bonds is 27. The second-order valence-corrected chi connectivity index (χ2v) is 12.3. The zero-order valence-corrected chi connectivity index (χ0v) is 23.7. The van der Waals surface area contributed by atoms with Crippen molar-refractivity contribution in [3.8, 4) is 0 Å². The summed E-state index contributed by atoms with van der Waals surface area (Å²) in [5, 5.41) is 18.2. The molecule has 0 fully saturated rings. The Hall–Kier alpha value is -1.15. The van der Waals surface area contributed by atoms with Crippen LogP contribution in [0.4, 0.5) is 0 Å². The maximum Gasteiger partial charge on any atom is 0.328 e. The van der Waals surface area contributed by atoms with Crippen molar-refractivity contribution in [1.82, 2.24) is 0 Å². The average Bonchev–Trinajstić information content (AvgIpc) is 2.80. The second-order valence-electron chi connectivity index (χ2n) is 10.5. The predicted molar refractivity (Wildman–Crippen MR) is 146 cm³/mol. The van der Waals surface area contributed by atoms with Gasteiger partial charge in [0.15, 0.2) is 0 Å². The Morgan fingerprint density at radius 3 is 1.06 bits per heavy atom. The molecule has 0 saturated carbocycles. The van der Waals surface area contributed by atoms with Gasteiger partial charge in [0.1, 0.15) is 0 Å². The van der Waals surface area contributed by atoms with Crippen molar-refractivity contribution < 1.29 is 32.8 Å². The predicted octanol–water partition coefficient (Wildman–Crippen LogP) is 8.16. The summed E-state index contributed by atoms with van der Waals surface area (Å²) in [6.07, 6.45) is 25.2. The first-order chi connectivity index (χ1) is 17.2. The van der Waals surface area contributed by atoms with Crippen LogP contribution < -0.4 is 0 Å². The molecule has 8 heteroatoms. The van der Waals surface area contributed by atoms with E-state index in [1.165, 1.54) is 109 Å². The van der Waals surface area contributed by atoms with Gasteiger partial charge < -0.3 is 10.2 Å². The van der Waals surface area contributed by atoms with Gasteiger partial charge in [-0.15, -0.1) is 0 Å². The lowest BCUT2D eigenvalue weighted by atomic mass is 9.96. The lowest BCUT2D eigenvalue weighted by Crippen LogP contribution is -2.48. The van der Waals surface area contributed by atoms with Gasteiger partial charge >= 0.3 is 11.9 Å². The summed E-state index contributed by atoms with van der Waals surface area (Å²) in [5.41, 5.74) is 0. The monoisotopic (exact) mass is 534 g/mol. The van der Waals surface area contributed by atoms with E-state index < -0.39 is 39.6 Å². The Balaban J connectivity index is 3.57. The smallest absolute Gasteiger partial charge is 0.328 e. The van der Waals surface area contributed by atoms with Crippen LogP contribution in [-0.4, -0.2) is 39.9 Å². The van der Waals surface area contributed by atoms with Crippen molar-refractivity contribution in [1.29, 1.82) is 0 Å². The van der Waals surface area contributed by atoms with Crippen LogP contribution in [0.15, 0.2) is 0 Å². The molecule has 0 heterocycles. The quantitative estimate of drug-likeness (QED) is 0.0715. The highest BCUT2D eigenvalue weighted by Crippen LogP contribution is 2.29. The molecule has 0 bridgehead atoms. The molecule has 7 nitrogen and oxygen atoms in total. The van der Waals surface area contributed by atoms with Crippen molar-refractivity contribution in [2.75, 3.05) is 0 Å². The summed E-state index contributed by atoms with van der Waals surface area (Å²) in [4.78, 5) is 22.4. The van der Waals surface area contributed by atoms with E-state index in [4.69, 9.17) is 5.11 Å². The molecular formula is C28H54O7S. The third kappa shape index (κ3) is 17.3. The Kier molecular flexibility index (Phi) is 21.2. The average molecular weight is 535 g/mol. The Morgan fingerprint density at radius 2 is 0.833 bits per heavy atom. The highest BCUT2D eigenvalue weighted by Gasteiger charge is 2.51. The molecular weight excluding hydrogens is 480 g/mol. The van der Waals surface area contributed by atoms with E-state index in [2.05, 4.69) is 6.92 Å². The minimum atomic E-state index is -5.03. The number of unbranched alkanes of at least 4 members (excludes halogenated alkanes) is 21. The van der Waals surface area contributed by atoms with Gasteiger partial charge in [-0.2, -0.15) is 8.42 Å². The topological polar surface area (TPSA) is 129 Å². The second kappa shape index (κ2) is 21.9. The van der Waals surface area contributed by atoms with Crippen LogP contribution in [-0.2, 0) is 19.7 Å². The summed E-state index contributed by atoms with van der Waals surface area (Å²) in [7, 11) is -5.03. The van der Waals surface area contributed by atoms with E-state index >= 15 is 0 Å². The molecule has 0 saturated heterocycles. The van der Waals surface area contributed by atoms with E-state index in [1.807, 2.05) is 0 Å². The molecule has 0 aliphatic carbocycles. The molecule has 0 aromatic rings. The van der Waals surface area contributed by atoms with Gasteiger partial charge in [0, 0.05) is 0 Å². The summed E-state index contributed by atoms with van der Waals surface area (Å²) >= 11 is 0. The molecule has 0 spiro atoms. The van der Waals surface area contributed by atoms with Crippen LogP contribution in [0.2, 0.25) is 0 Å².